The predicted octanol–water partition coefficient (Wildman–Crippen LogP) is 1.93. The van der Waals surface area contributed by atoms with Crippen molar-refractivity contribution >= 4 is 0 Å². The molecule has 4 heteroatoms. The molecule has 2 heterocycles. The van der Waals surface area contributed by atoms with Gasteiger partial charge in [-0.15, -0.1) is 0 Å². The first-order valence-corrected chi connectivity index (χ1v) is 5.20. The van der Waals surface area contributed by atoms with E-state index in [2.05, 4.69) is 9.97 Å². The minimum atomic E-state index is -0.365. The van der Waals surface area contributed by atoms with Gasteiger partial charge in [-0.1, -0.05) is 6.07 Å². The second-order valence-electron chi connectivity index (χ2n) is 3.78. The minimum absolute atomic E-state index is 0.169. The molecule has 2 rings (SSSR count). The lowest BCUT2D eigenvalue weighted by atomic mass is 10.0. The number of rotatable bonds is 1. The Morgan fingerprint density at radius 3 is 2.65 bits per heavy atom. The summed E-state index contributed by atoms with van der Waals surface area (Å²) in [5.41, 5.74) is 2.76. The van der Waals surface area contributed by atoms with Gasteiger partial charge in [0.1, 0.15) is 11.6 Å². The van der Waals surface area contributed by atoms with Crippen LogP contribution in [0.3, 0.4) is 0 Å². The molecule has 0 radical (unpaired) electrons. The van der Waals surface area contributed by atoms with Crippen LogP contribution in [-0.2, 0) is 0 Å². The first-order valence-electron chi connectivity index (χ1n) is 5.20. The molecule has 0 aliphatic rings. The van der Waals surface area contributed by atoms with E-state index in [1.165, 1.54) is 0 Å². The van der Waals surface area contributed by atoms with Gasteiger partial charge in [-0.3, -0.25) is 9.78 Å². The summed E-state index contributed by atoms with van der Waals surface area (Å²) in [6.45, 7) is 3.64. The van der Waals surface area contributed by atoms with Gasteiger partial charge < -0.3 is 4.98 Å². The number of aromatic amines is 1. The Hall–Kier alpha value is -2.41. The number of hydrogen-bond acceptors (Lipinski definition) is 3. The van der Waals surface area contributed by atoms with Gasteiger partial charge in [0, 0.05) is 6.20 Å². The smallest absolute Gasteiger partial charge is 0.266 e. The standard InChI is InChI=1S/C13H11N3O/c1-8-9(2)12(11-5-3-4-6-15-11)16-13(17)10(8)7-14/h3-6H,1-2H3,(H,16,17). The fourth-order valence-corrected chi connectivity index (χ4v) is 1.72. The second kappa shape index (κ2) is 4.22. The van der Waals surface area contributed by atoms with Crippen LogP contribution in [0.25, 0.3) is 11.4 Å². The highest BCUT2D eigenvalue weighted by Gasteiger charge is 2.12. The summed E-state index contributed by atoms with van der Waals surface area (Å²) >= 11 is 0. The van der Waals surface area contributed by atoms with Crippen LogP contribution in [0.1, 0.15) is 16.7 Å². The Labute approximate surface area is 98.6 Å². The fraction of sp³-hybridized carbons (Fsp3) is 0.154. The molecule has 0 aliphatic carbocycles. The molecule has 0 amide bonds. The molecule has 0 fully saturated rings. The van der Waals surface area contributed by atoms with E-state index in [4.69, 9.17) is 5.26 Å². The summed E-state index contributed by atoms with van der Waals surface area (Å²) in [7, 11) is 0. The average molecular weight is 225 g/mol. The molecule has 4 nitrogen and oxygen atoms in total. The van der Waals surface area contributed by atoms with Crippen molar-refractivity contribution in [1.82, 2.24) is 9.97 Å². The lowest BCUT2D eigenvalue weighted by molar-refractivity contribution is 1.12. The molecule has 2 aromatic heterocycles. The van der Waals surface area contributed by atoms with Crippen LogP contribution >= 0.6 is 0 Å². The molecular weight excluding hydrogens is 214 g/mol. The van der Waals surface area contributed by atoms with Crippen LogP contribution in [0.5, 0.6) is 0 Å². The maximum Gasteiger partial charge on any atom is 0.266 e. The van der Waals surface area contributed by atoms with E-state index in [0.29, 0.717) is 17.0 Å². The van der Waals surface area contributed by atoms with Crippen molar-refractivity contribution in [2.75, 3.05) is 0 Å². The average Bonchev–Trinajstić information content (AvgIpc) is 2.35. The Kier molecular flexibility index (Phi) is 2.75. The Bertz CT molecular complexity index is 651. The van der Waals surface area contributed by atoms with E-state index in [-0.39, 0.29) is 11.1 Å². The number of pyridine rings is 2. The minimum Gasteiger partial charge on any atom is -0.319 e. The Morgan fingerprint density at radius 1 is 1.29 bits per heavy atom. The number of H-pyrrole nitrogens is 1. The molecule has 84 valence electrons. The first kappa shape index (κ1) is 11.1. The van der Waals surface area contributed by atoms with Gasteiger partial charge in [0.05, 0.1) is 11.4 Å². The predicted molar refractivity (Wildman–Crippen MR) is 64.5 cm³/mol. The van der Waals surface area contributed by atoms with Crippen molar-refractivity contribution in [3.63, 3.8) is 0 Å². The highest BCUT2D eigenvalue weighted by atomic mass is 16.1. The number of hydrogen-bond donors (Lipinski definition) is 1. The molecule has 0 unspecified atom stereocenters. The number of nitrogens with zero attached hydrogens (tertiary/aromatic N) is 2. The van der Waals surface area contributed by atoms with E-state index in [9.17, 15) is 4.79 Å². The zero-order valence-corrected chi connectivity index (χ0v) is 9.61. The van der Waals surface area contributed by atoms with E-state index in [1.54, 1.807) is 13.1 Å². The monoisotopic (exact) mass is 225 g/mol. The maximum atomic E-state index is 11.7. The van der Waals surface area contributed by atoms with E-state index >= 15 is 0 Å². The van der Waals surface area contributed by atoms with Crippen LogP contribution in [-0.4, -0.2) is 9.97 Å². The molecule has 0 saturated heterocycles. The zero-order valence-electron chi connectivity index (χ0n) is 9.61. The summed E-state index contributed by atoms with van der Waals surface area (Å²) in [5.74, 6) is 0. The zero-order chi connectivity index (χ0) is 12.4. The largest absolute Gasteiger partial charge is 0.319 e. The molecule has 1 N–H and O–H groups in total. The summed E-state index contributed by atoms with van der Waals surface area (Å²) in [6, 6.07) is 7.41. The molecule has 0 spiro atoms. The lowest BCUT2D eigenvalue weighted by Gasteiger charge is -2.08. The third kappa shape index (κ3) is 1.83. The Balaban J connectivity index is 2.75. The molecule has 0 atom stereocenters. The van der Waals surface area contributed by atoms with Gasteiger partial charge in [0.15, 0.2) is 0 Å². The van der Waals surface area contributed by atoms with Gasteiger partial charge >= 0.3 is 0 Å². The highest BCUT2D eigenvalue weighted by Crippen LogP contribution is 2.20. The summed E-state index contributed by atoms with van der Waals surface area (Å²) in [6.07, 6.45) is 1.67. The van der Waals surface area contributed by atoms with Crippen molar-refractivity contribution in [3.8, 4) is 17.5 Å². The highest BCUT2D eigenvalue weighted by molar-refractivity contribution is 5.61. The van der Waals surface area contributed by atoms with Crippen LogP contribution < -0.4 is 5.56 Å². The fourth-order valence-electron chi connectivity index (χ4n) is 1.72. The number of nitrogens with one attached hydrogen (secondary N) is 1. The molecule has 0 bridgehead atoms. The second-order valence-corrected chi connectivity index (χ2v) is 3.78. The molecule has 0 aromatic carbocycles. The Morgan fingerprint density at radius 2 is 2.06 bits per heavy atom. The maximum absolute atomic E-state index is 11.7. The van der Waals surface area contributed by atoms with Gasteiger partial charge in [0.25, 0.3) is 5.56 Å². The summed E-state index contributed by atoms with van der Waals surface area (Å²) in [5, 5.41) is 8.90. The van der Waals surface area contributed by atoms with E-state index < -0.39 is 0 Å². The quantitative estimate of drug-likeness (QED) is 0.806. The SMILES string of the molecule is Cc1c(-c2ccccn2)[nH]c(=O)c(C#N)c1C. The third-order valence-corrected chi connectivity index (χ3v) is 2.81. The van der Waals surface area contributed by atoms with Crippen molar-refractivity contribution in [2.24, 2.45) is 0 Å². The van der Waals surface area contributed by atoms with E-state index in [0.717, 1.165) is 5.56 Å². The van der Waals surface area contributed by atoms with Crippen molar-refractivity contribution in [2.45, 2.75) is 13.8 Å². The van der Waals surface area contributed by atoms with Crippen molar-refractivity contribution < 1.29 is 0 Å². The van der Waals surface area contributed by atoms with Crippen molar-refractivity contribution in [1.29, 1.82) is 5.26 Å². The number of aromatic nitrogens is 2. The van der Waals surface area contributed by atoms with Gasteiger partial charge in [-0.25, -0.2) is 0 Å². The van der Waals surface area contributed by atoms with Crippen LogP contribution in [0.4, 0.5) is 0 Å². The van der Waals surface area contributed by atoms with Gasteiger partial charge in [-0.2, -0.15) is 5.26 Å². The van der Waals surface area contributed by atoms with E-state index in [1.807, 2.05) is 31.2 Å². The topological polar surface area (TPSA) is 69.5 Å². The molecule has 0 aliphatic heterocycles. The normalized spacial score (nSPS) is 9.94. The molecule has 17 heavy (non-hydrogen) atoms. The summed E-state index contributed by atoms with van der Waals surface area (Å²) in [4.78, 5) is 18.6. The summed E-state index contributed by atoms with van der Waals surface area (Å²) < 4.78 is 0. The van der Waals surface area contributed by atoms with Crippen LogP contribution in [0.15, 0.2) is 29.2 Å². The lowest BCUT2D eigenvalue weighted by Crippen LogP contribution is -2.15. The molecular formula is C13H11N3O. The number of nitriles is 1. The third-order valence-electron chi connectivity index (χ3n) is 2.81. The van der Waals surface area contributed by atoms with Crippen LogP contribution in [0, 0.1) is 25.2 Å². The van der Waals surface area contributed by atoms with Crippen LogP contribution in [0.2, 0.25) is 0 Å². The van der Waals surface area contributed by atoms with Gasteiger partial charge in [-0.05, 0) is 37.1 Å². The molecule has 0 saturated carbocycles. The first-order chi connectivity index (χ1) is 8.15. The molecule has 2 aromatic rings. The van der Waals surface area contributed by atoms with Gasteiger partial charge in [0.2, 0.25) is 0 Å². The van der Waals surface area contributed by atoms with Crippen molar-refractivity contribution in [3.05, 3.63) is 51.4 Å².